The molecule has 0 N–H and O–H groups in total. The molecule has 0 saturated carbocycles. The molecular weight excluding hydrogens is 240 g/mol. The van der Waals surface area contributed by atoms with E-state index in [1.807, 2.05) is 4.90 Å². The van der Waals surface area contributed by atoms with E-state index in [-0.39, 0.29) is 0 Å². The van der Waals surface area contributed by atoms with E-state index in [1.54, 1.807) is 0 Å². The van der Waals surface area contributed by atoms with Crippen LogP contribution < -0.4 is 0 Å². The number of hydrogen-bond acceptors (Lipinski definition) is 6. The van der Waals surface area contributed by atoms with E-state index in [4.69, 9.17) is 14.7 Å². The van der Waals surface area contributed by atoms with Gasteiger partial charge in [-0.2, -0.15) is 9.66 Å². The minimum Gasteiger partial charge on any atom is -0.379 e. The normalized spacial score (nSPS) is 23.5. The van der Waals surface area contributed by atoms with E-state index in [0.29, 0.717) is 19.0 Å². The second-order valence-corrected chi connectivity index (χ2v) is 4.61. The van der Waals surface area contributed by atoms with E-state index >= 15 is 0 Å². The van der Waals surface area contributed by atoms with Crippen molar-refractivity contribution in [1.82, 2.24) is 9.21 Å². The van der Waals surface area contributed by atoms with Crippen LogP contribution in [0.3, 0.4) is 0 Å². The average molecular weight is 256 g/mol. The third-order valence-electron chi connectivity index (χ3n) is 2.62. The quantitative estimate of drug-likeness (QED) is 0.398. The Bertz CT molecular complexity index is 306. The fourth-order valence-electron chi connectivity index (χ4n) is 1.65. The maximum Gasteiger partial charge on any atom is 0.217 e. The highest BCUT2D eigenvalue weighted by Crippen LogP contribution is 2.14. The van der Waals surface area contributed by atoms with Crippen LogP contribution >= 0.6 is 12.1 Å². The molecule has 0 aromatic carbocycles. The molecule has 2 fully saturated rings. The van der Waals surface area contributed by atoms with Gasteiger partial charge in [0.25, 0.3) is 0 Å². The Morgan fingerprint density at radius 2 is 1.65 bits per heavy atom. The molecular formula is C10H16N4O2S. The van der Waals surface area contributed by atoms with Crippen molar-refractivity contribution in [3.8, 4) is 6.07 Å². The summed E-state index contributed by atoms with van der Waals surface area (Å²) in [5.41, 5.74) is 0. The first kappa shape index (κ1) is 12.6. The van der Waals surface area contributed by atoms with E-state index in [9.17, 15) is 0 Å². The van der Waals surface area contributed by atoms with Crippen LogP contribution in [0.2, 0.25) is 0 Å². The smallest absolute Gasteiger partial charge is 0.217 e. The van der Waals surface area contributed by atoms with Gasteiger partial charge in [-0.3, -0.25) is 0 Å². The highest BCUT2D eigenvalue weighted by atomic mass is 32.2. The van der Waals surface area contributed by atoms with Crippen LogP contribution in [0.5, 0.6) is 0 Å². The molecule has 0 atom stereocenters. The molecule has 0 aromatic heterocycles. The minimum atomic E-state index is 0.491. The van der Waals surface area contributed by atoms with Gasteiger partial charge in [-0.05, 0) is 0 Å². The standard InChI is InChI=1S/C10H16N4O2S/c11-9-10(13-1-5-15-6-2-13)12-17-14-3-7-16-8-4-14/h1-8H2/b12-10+. The van der Waals surface area contributed by atoms with Crippen molar-refractivity contribution in [2.45, 2.75) is 0 Å². The summed E-state index contributed by atoms with van der Waals surface area (Å²) < 4.78 is 16.9. The maximum atomic E-state index is 9.09. The lowest BCUT2D eigenvalue weighted by Crippen LogP contribution is -2.40. The van der Waals surface area contributed by atoms with Crippen molar-refractivity contribution >= 4 is 18.0 Å². The molecule has 17 heavy (non-hydrogen) atoms. The van der Waals surface area contributed by atoms with Crippen molar-refractivity contribution in [3.63, 3.8) is 0 Å². The molecule has 2 saturated heterocycles. The van der Waals surface area contributed by atoms with Crippen molar-refractivity contribution in [2.24, 2.45) is 4.40 Å². The zero-order valence-electron chi connectivity index (χ0n) is 9.67. The second kappa shape index (κ2) is 6.81. The number of rotatable bonds is 2. The molecule has 6 nitrogen and oxygen atoms in total. The second-order valence-electron chi connectivity index (χ2n) is 3.75. The van der Waals surface area contributed by atoms with Gasteiger partial charge in [0.1, 0.15) is 6.07 Å². The van der Waals surface area contributed by atoms with Gasteiger partial charge < -0.3 is 14.4 Å². The highest BCUT2D eigenvalue weighted by molar-refractivity contribution is 7.95. The Kier molecular flexibility index (Phi) is 5.07. The van der Waals surface area contributed by atoms with Crippen LogP contribution in [-0.4, -0.2) is 67.6 Å². The third-order valence-corrected chi connectivity index (χ3v) is 3.47. The summed E-state index contributed by atoms with van der Waals surface area (Å²) in [6.45, 7) is 6.02. The zero-order chi connectivity index (χ0) is 11.9. The zero-order valence-corrected chi connectivity index (χ0v) is 10.5. The van der Waals surface area contributed by atoms with Crippen LogP contribution in [0.25, 0.3) is 0 Å². The number of morpholine rings is 2. The van der Waals surface area contributed by atoms with Crippen molar-refractivity contribution in [2.75, 3.05) is 52.6 Å². The summed E-state index contributed by atoms with van der Waals surface area (Å²) in [4.78, 5) is 1.97. The molecule has 2 aliphatic heterocycles. The molecule has 0 aliphatic carbocycles. The lowest BCUT2D eigenvalue weighted by Gasteiger charge is -2.27. The predicted molar refractivity (Wildman–Crippen MR) is 65.4 cm³/mol. The summed E-state index contributed by atoms with van der Waals surface area (Å²) in [5, 5.41) is 9.09. The van der Waals surface area contributed by atoms with Gasteiger partial charge >= 0.3 is 0 Å². The van der Waals surface area contributed by atoms with Crippen LogP contribution in [0.4, 0.5) is 0 Å². The largest absolute Gasteiger partial charge is 0.379 e. The topological polar surface area (TPSA) is 61.1 Å². The van der Waals surface area contributed by atoms with E-state index in [2.05, 4.69) is 14.8 Å². The summed E-state index contributed by atoms with van der Waals surface area (Å²) in [5.74, 6) is 0.491. The fraction of sp³-hybridized carbons (Fsp3) is 0.800. The first-order valence-electron chi connectivity index (χ1n) is 5.71. The molecule has 0 amide bonds. The first-order chi connectivity index (χ1) is 8.40. The molecule has 2 aliphatic rings. The monoisotopic (exact) mass is 256 g/mol. The Balaban J connectivity index is 1.85. The van der Waals surface area contributed by atoms with Crippen LogP contribution in [0.15, 0.2) is 4.40 Å². The molecule has 2 rings (SSSR count). The van der Waals surface area contributed by atoms with Gasteiger partial charge in [-0.1, -0.05) is 0 Å². The van der Waals surface area contributed by atoms with Crippen LogP contribution in [0, 0.1) is 11.3 Å². The molecule has 7 heteroatoms. The summed E-state index contributed by atoms with van der Waals surface area (Å²) in [6, 6.07) is 2.15. The maximum absolute atomic E-state index is 9.09. The Morgan fingerprint density at radius 1 is 1.06 bits per heavy atom. The number of nitrogens with zero attached hydrogens (tertiary/aromatic N) is 4. The molecule has 2 heterocycles. The summed E-state index contributed by atoms with van der Waals surface area (Å²) in [6.07, 6.45) is 0. The predicted octanol–water partition coefficient (Wildman–Crippen LogP) is 0.136. The lowest BCUT2D eigenvalue weighted by molar-refractivity contribution is 0.0686. The van der Waals surface area contributed by atoms with Crippen molar-refractivity contribution < 1.29 is 9.47 Å². The Labute approximate surface area is 105 Å². The van der Waals surface area contributed by atoms with Gasteiger partial charge in [0.05, 0.1) is 38.6 Å². The number of hydrogen-bond donors (Lipinski definition) is 0. The summed E-state index contributed by atoms with van der Waals surface area (Å²) >= 11 is 1.36. The first-order valence-corrected chi connectivity index (χ1v) is 6.44. The Morgan fingerprint density at radius 3 is 2.24 bits per heavy atom. The fourth-order valence-corrected chi connectivity index (χ4v) is 2.31. The molecule has 0 radical (unpaired) electrons. The van der Waals surface area contributed by atoms with Crippen molar-refractivity contribution in [1.29, 1.82) is 5.26 Å². The molecule has 94 valence electrons. The highest BCUT2D eigenvalue weighted by Gasteiger charge is 2.16. The molecule has 0 aromatic rings. The number of nitriles is 1. The van der Waals surface area contributed by atoms with E-state index < -0.39 is 0 Å². The minimum absolute atomic E-state index is 0.491. The third kappa shape index (κ3) is 3.85. The van der Waals surface area contributed by atoms with Gasteiger partial charge in [0.15, 0.2) is 0 Å². The molecule has 0 spiro atoms. The number of ether oxygens (including phenoxy) is 2. The van der Waals surface area contributed by atoms with E-state index in [1.165, 1.54) is 12.1 Å². The molecule has 0 bridgehead atoms. The lowest BCUT2D eigenvalue weighted by atomic mass is 10.4. The molecule has 0 unspecified atom stereocenters. The van der Waals surface area contributed by atoms with Gasteiger partial charge in [0, 0.05) is 26.2 Å². The van der Waals surface area contributed by atoms with Crippen molar-refractivity contribution in [3.05, 3.63) is 0 Å². The average Bonchev–Trinajstić information content (AvgIpc) is 2.42. The van der Waals surface area contributed by atoms with E-state index in [0.717, 1.165) is 39.4 Å². The van der Waals surface area contributed by atoms with Crippen LogP contribution in [-0.2, 0) is 9.47 Å². The number of amidine groups is 1. The summed E-state index contributed by atoms with van der Waals surface area (Å²) in [7, 11) is 0. The SMILES string of the molecule is N#C/C(=N\SN1CCOCC1)N1CCOCC1. The van der Waals surface area contributed by atoms with Gasteiger partial charge in [-0.15, -0.1) is 0 Å². The van der Waals surface area contributed by atoms with Crippen LogP contribution in [0.1, 0.15) is 0 Å². The van der Waals surface area contributed by atoms with Gasteiger partial charge in [-0.25, -0.2) is 4.31 Å². The Hall–Kier alpha value is -0.810. The van der Waals surface area contributed by atoms with Gasteiger partial charge in [0.2, 0.25) is 5.84 Å².